The minimum absolute atomic E-state index is 0.690. The van der Waals surface area contributed by atoms with Crippen molar-refractivity contribution in [2.24, 2.45) is 0 Å². The lowest BCUT2D eigenvalue weighted by atomic mass is 9.92. The van der Waals surface area contributed by atoms with Crippen LogP contribution >= 0.6 is 0 Å². The molecule has 1 aromatic rings. The van der Waals surface area contributed by atoms with E-state index in [1.54, 1.807) is 0 Å². The molecular weight excluding hydrogens is 176 g/mol. The standard InChI is InChI=1S/C12H18O2/c1-10-6-7-11(14-10)12(13)8-4-2-3-5-9-12/h6-7,13H,2-5,8-9H2,1H3. The van der Waals surface area contributed by atoms with Crippen LogP contribution < -0.4 is 0 Å². The van der Waals surface area contributed by atoms with Crippen LogP contribution in [0.25, 0.3) is 0 Å². The normalized spacial score (nSPS) is 21.9. The van der Waals surface area contributed by atoms with Gasteiger partial charge in [0.15, 0.2) is 0 Å². The summed E-state index contributed by atoms with van der Waals surface area (Å²) in [5, 5.41) is 10.4. The molecule has 0 unspecified atom stereocenters. The van der Waals surface area contributed by atoms with Gasteiger partial charge in [0.25, 0.3) is 0 Å². The molecule has 1 saturated carbocycles. The minimum atomic E-state index is -0.690. The molecule has 0 amide bonds. The van der Waals surface area contributed by atoms with E-state index in [0.29, 0.717) is 0 Å². The van der Waals surface area contributed by atoms with Crippen LogP contribution in [0.15, 0.2) is 16.5 Å². The zero-order valence-electron chi connectivity index (χ0n) is 8.75. The Hall–Kier alpha value is -0.760. The van der Waals surface area contributed by atoms with E-state index < -0.39 is 5.60 Å². The van der Waals surface area contributed by atoms with Gasteiger partial charge >= 0.3 is 0 Å². The number of hydrogen-bond acceptors (Lipinski definition) is 2. The van der Waals surface area contributed by atoms with E-state index in [-0.39, 0.29) is 0 Å². The summed E-state index contributed by atoms with van der Waals surface area (Å²) in [6.45, 7) is 1.92. The van der Waals surface area contributed by atoms with Crippen LogP contribution in [0.2, 0.25) is 0 Å². The molecule has 0 radical (unpaired) electrons. The van der Waals surface area contributed by atoms with Crippen LogP contribution in [0, 0.1) is 6.92 Å². The molecule has 2 rings (SSSR count). The molecule has 1 fully saturated rings. The first-order valence-electron chi connectivity index (χ1n) is 5.50. The molecule has 1 aromatic heterocycles. The number of hydrogen-bond donors (Lipinski definition) is 1. The fourth-order valence-electron chi connectivity index (χ4n) is 2.24. The Labute approximate surface area is 84.9 Å². The minimum Gasteiger partial charge on any atom is -0.463 e. The highest BCUT2D eigenvalue weighted by Crippen LogP contribution is 2.36. The maximum atomic E-state index is 10.4. The summed E-state index contributed by atoms with van der Waals surface area (Å²) in [6, 6.07) is 3.85. The van der Waals surface area contributed by atoms with Gasteiger partial charge in [0.05, 0.1) is 0 Å². The van der Waals surface area contributed by atoms with E-state index in [0.717, 1.165) is 37.2 Å². The van der Waals surface area contributed by atoms with E-state index >= 15 is 0 Å². The predicted octanol–water partition coefficient (Wildman–Crippen LogP) is 3.13. The number of aryl methyl sites for hydroxylation is 1. The molecular formula is C12H18O2. The molecule has 14 heavy (non-hydrogen) atoms. The summed E-state index contributed by atoms with van der Waals surface area (Å²) in [5.74, 6) is 1.65. The molecule has 0 aromatic carbocycles. The maximum absolute atomic E-state index is 10.4. The summed E-state index contributed by atoms with van der Waals surface area (Å²) in [4.78, 5) is 0. The molecule has 0 aliphatic heterocycles. The van der Waals surface area contributed by atoms with Crippen molar-refractivity contribution < 1.29 is 9.52 Å². The molecule has 2 nitrogen and oxygen atoms in total. The third kappa shape index (κ3) is 1.85. The quantitative estimate of drug-likeness (QED) is 0.697. The summed E-state index contributed by atoms with van der Waals surface area (Å²) >= 11 is 0. The van der Waals surface area contributed by atoms with Crippen LogP contribution in [-0.2, 0) is 5.60 Å². The molecule has 1 heterocycles. The predicted molar refractivity (Wildman–Crippen MR) is 55.0 cm³/mol. The lowest BCUT2D eigenvalue weighted by Crippen LogP contribution is -2.23. The Kier molecular flexibility index (Phi) is 2.64. The molecule has 1 aliphatic rings. The fraction of sp³-hybridized carbons (Fsp3) is 0.667. The van der Waals surface area contributed by atoms with Crippen molar-refractivity contribution in [3.8, 4) is 0 Å². The van der Waals surface area contributed by atoms with Gasteiger partial charge in [-0.15, -0.1) is 0 Å². The van der Waals surface area contributed by atoms with Crippen molar-refractivity contribution in [3.05, 3.63) is 23.7 Å². The number of aliphatic hydroxyl groups is 1. The SMILES string of the molecule is Cc1ccc(C2(O)CCCCCC2)o1. The smallest absolute Gasteiger partial charge is 0.135 e. The van der Waals surface area contributed by atoms with E-state index in [2.05, 4.69) is 0 Å². The molecule has 2 heteroatoms. The van der Waals surface area contributed by atoms with Crippen molar-refractivity contribution in [2.45, 2.75) is 51.0 Å². The van der Waals surface area contributed by atoms with E-state index in [4.69, 9.17) is 4.42 Å². The van der Waals surface area contributed by atoms with E-state index in [9.17, 15) is 5.11 Å². The Morgan fingerprint density at radius 2 is 1.79 bits per heavy atom. The lowest BCUT2D eigenvalue weighted by molar-refractivity contribution is -0.000851. The van der Waals surface area contributed by atoms with E-state index in [1.807, 2.05) is 19.1 Å². The van der Waals surface area contributed by atoms with Crippen LogP contribution in [0.3, 0.4) is 0 Å². The van der Waals surface area contributed by atoms with Gasteiger partial charge in [0.1, 0.15) is 17.1 Å². The zero-order chi connectivity index (χ0) is 10.0. The van der Waals surface area contributed by atoms with Crippen molar-refractivity contribution in [2.75, 3.05) is 0 Å². The molecule has 0 spiro atoms. The average molecular weight is 194 g/mol. The second kappa shape index (κ2) is 3.77. The Bertz CT molecular complexity index is 293. The second-order valence-electron chi connectivity index (χ2n) is 4.36. The van der Waals surface area contributed by atoms with Crippen molar-refractivity contribution in [1.82, 2.24) is 0 Å². The summed E-state index contributed by atoms with van der Waals surface area (Å²) in [6.07, 6.45) is 6.39. The highest BCUT2D eigenvalue weighted by molar-refractivity contribution is 5.13. The molecule has 0 bridgehead atoms. The van der Waals surface area contributed by atoms with Gasteiger partial charge in [0.2, 0.25) is 0 Å². The molecule has 1 aliphatic carbocycles. The average Bonchev–Trinajstić information content (AvgIpc) is 2.47. The third-order valence-electron chi connectivity index (χ3n) is 3.13. The number of furan rings is 1. The lowest BCUT2D eigenvalue weighted by Gasteiger charge is -2.23. The van der Waals surface area contributed by atoms with Gasteiger partial charge in [-0.2, -0.15) is 0 Å². The molecule has 0 saturated heterocycles. The van der Waals surface area contributed by atoms with Crippen molar-refractivity contribution >= 4 is 0 Å². The molecule has 1 N–H and O–H groups in total. The van der Waals surface area contributed by atoms with Gasteiger partial charge in [-0.1, -0.05) is 25.7 Å². The topological polar surface area (TPSA) is 33.4 Å². The maximum Gasteiger partial charge on any atom is 0.135 e. The first kappa shape index (κ1) is 9.78. The van der Waals surface area contributed by atoms with Gasteiger partial charge in [0, 0.05) is 0 Å². The second-order valence-corrected chi connectivity index (χ2v) is 4.36. The van der Waals surface area contributed by atoms with Crippen LogP contribution in [0.5, 0.6) is 0 Å². The van der Waals surface area contributed by atoms with Gasteiger partial charge < -0.3 is 9.52 Å². The van der Waals surface area contributed by atoms with Crippen LogP contribution in [0.1, 0.15) is 50.0 Å². The van der Waals surface area contributed by atoms with Crippen molar-refractivity contribution in [3.63, 3.8) is 0 Å². The van der Waals surface area contributed by atoms with Crippen LogP contribution in [-0.4, -0.2) is 5.11 Å². The highest BCUT2D eigenvalue weighted by atomic mass is 16.4. The van der Waals surface area contributed by atoms with E-state index in [1.165, 1.54) is 12.8 Å². The summed E-state index contributed by atoms with van der Waals surface area (Å²) in [7, 11) is 0. The molecule has 78 valence electrons. The summed E-state index contributed by atoms with van der Waals surface area (Å²) in [5.41, 5.74) is -0.690. The van der Waals surface area contributed by atoms with Crippen molar-refractivity contribution in [1.29, 1.82) is 0 Å². The summed E-state index contributed by atoms with van der Waals surface area (Å²) < 4.78 is 5.53. The van der Waals surface area contributed by atoms with Gasteiger partial charge in [-0.3, -0.25) is 0 Å². The first-order valence-corrected chi connectivity index (χ1v) is 5.50. The monoisotopic (exact) mass is 194 g/mol. The Balaban J connectivity index is 2.20. The number of rotatable bonds is 1. The Morgan fingerprint density at radius 3 is 2.29 bits per heavy atom. The van der Waals surface area contributed by atoms with Gasteiger partial charge in [-0.25, -0.2) is 0 Å². The zero-order valence-corrected chi connectivity index (χ0v) is 8.75. The first-order chi connectivity index (χ1) is 6.71. The Morgan fingerprint density at radius 1 is 1.14 bits per heavy atom. The highest BCUT2D eigenvalue weighted by Gasteiger charge is 2.32. The van der Waals surface area contributed by atoms with Crippen LogP contribution in [0.4, 0.5) is 0 Å². The molecule has 0 atom stereocenters. The third-order valence-corrected chi connectivity index (χ3v) is 3.13. The largest absolute Gasteiger partial charge is 0.463 e. The fourth-order valence-corrected chi connectivity index (χ4v) is 2.24. The van der Waals surface area contributed by atoms with Gasteiger partial charge in [-0.05, 0) is 31.9 Å².